The Balaban J connectivity index is 2.64. The van der Waals surface area contributed by atoms with Gasteiger partial charge in [-0.05, 0) is 18.5 Å². The Kier molecular flexibility index (Phi) is 5.37. The molecule has 15 heavy (non-hydrogen) atoms. The van der Waals surface area contributed by atoms with Crippen LogP contribution in [0, 0.1) is 11.8 Å². The molecule has 0 aliphatic heterocycles. The van der Waals surface area contributed by atoms with Crippen LogP contribution in [0.5, 0.6) is 0 Å². The Morgan fingerprint density at radius 3 is 2.93 bits per heavy atom. The molecule has 0 radical (unpaired) electrons. The van der Waals surface area contributed by atoms with Crippen molar-refractivity contribution in [1.82, 2.24) is 4.90 Å². The maximum absolute atomic E-state index is 8.78. The maximum Gasteiger partial charge on any atom is 0.104 e. The minimum atomic E-state index is -0.109. The van der Waals surface area contributed by atoms with Crippen molar-refractivity contribution in [1.29, 1.82) is 0 Å². The van der Waals surface area contributed by atoms with Crippen LogP contribution < -0.4 is 0 Å². The van der Waals surface area contributed by atoms with Gasteiger partial charge < -0.3 is 10.2 Å². The maximum atomic E-state index is 8.78. The van der Waals surface area contributed by atoms with Crippen molar-refractivity contribution in [3.8, 4) is 11.8 Å². The molecule has 3 nitrogen and oxygen atoms in total. The van der Waals surface area contributed by atoms with Crippen molar-refractivity contribution in [3.63, 3.8) is 0 Å². The molecule has 0 atom stereocenters. The van der Waals surface area contributed by atoms with E-state index < -0.39 is 0 Å². The van der Waals surface area contributed by atoms with Crippen LogP contribution in [0.3, 0.4) is 0 Å². The van der Waals surface area contributed by atoms with E-state index in [1.165, 1.54) is 4.88 Å². The van der Waals surface area contributed by atoms with Gasteiger partial charge in [0.1, 0.15) is 6.61 Å². The van der Waals surface area contributed by atoms with Gasteiger partial charge in [0.05, 0.1) is 6.61 Å². The molecular weight excluding hydrogens is 210 g/mol. The first kappa shape index (κ1) is 12.2. The molecule has 0 aromatic carbocycles. The monoisotopic (exact) mass is 225 g/mol. The minimum Gasteiger partial charge on any atom is -0.395 e. The highest BCUT2D eigenvalue weighted by atomic mass is 32.1. The Bertz CT molecular complexity index is 351. The van der Waals surface area contributed by atoms with Crippen molar-refractivity contribution in [2.45, 2.75) is 6.54 Å². The smallest absolute Gasteiger partial charge is 0.104 e. The molecule has 1 rings (SSSR count). The second-order valence-corrected chi connectivity index (χ2v) is 4.18. The van der Waals surface area contributed by atoms with E-state index in [0.717, 1.165) is 12.1 Å². The number of thiophene rings is 1. The topological polar surface area (TPSA) is 43.7 Å². The predicted octanol–water partition coefficient (Wildman–Crippen LogP) is 0.516. The molecule has 0 aliphatic rings. The summed E-state index contributed by atoms with van der Waals surface area (Å²) in [7, 11) is 1.96. The molecule has 0 fully saturated rings. The molecule has 0 spiro atoms. The average molecular weight is 225 g/mol. The molecule has 1 aromatic heterocycles. The van der Waals surface area contributed by atoms with Crippen molar-refractivity contribution in [3.05, 3.63) is 21.9 Å². The van der Waals surface area contributed by atoms with E-state index >= 15 is 0 Å². The van der Waals surface area contributed by atoms with E-state index in [0.29, 0.717) is 6.54 Å². The van der Waals surface area contributed by atoms with Crippen LogP contribution in [0.2, 0.25) is 0 Å². The zero-order valence-corrected chi connectivity index (χ0v) is 9.55. The SMILES string of the molecule is CN(CCO)Cc1sccc1C#CCO. The van der Waals surface area contributed by atoms with Crippen LogP contribution in [0.15, 0.2) is 11.4 Å². The van der Waals surface area contributed by atoms with Crippen molar-refractivity contribution >= 4 is 11.3 Å². The van der Waals surface area contributed by atoms with Gasteiger partial charge in [-0.15, -0.1) is 11.3 Å². The van der Waals surface area contributed by atoms with E-state index in [4.69, 9.17) is 10.2 Å². The molecule has 0 aliphatic carbocycles. The summed E-state index contributed by atoms with van der Waals surface area (Å²) in [4.78, 5) is 3.21. The Hall–Kier alpha value is -0.860. The van der Waals surface area contributed by atoms with Gasteiger partial charge in [-0.2, -0.15) is 0 Å². The van der Waals surface area contributed by atoms with Gasteiger partial charge in [-0.1, -0.05) is 11.8 Å². The Labute approximate surface area is 94.0 Å². The third-order valence-corrected chi connectivity index (χ3v) is 2.85. The summed E-state index contributed by atoms with van der Waals surface area (Å²) in [6, 6.07) is 1.95. The lowest BCUT2D eigenvalue weighted by Gasteiger charge is -2.13. The zero-order valence-electron chi connectivity index (χ0n) is 8.73. The van der Waals surface area contributed by atoms with E-state index in [1.54, 1.807) is 11.3 Å². The minimum absolute atomic E-state index is 0.109. The van der Waals surface area contributed by atoms with Crippen LogP contribution >= 0.6 is 11.3 Å². The predicted molar refractivity (Wildman–Crippen MR) is 61.7 cm³/mol. The molecule has 82 valence electrons. The van der Waals surface area contributed by atoms with Crippen LogP contribution in [0.1, 0.15) is 10.4 Å². The number of rotatable bonds is 4. The van der Waals surface area contributed by atoms with Gasteiger partial charge in [0.15, 0.2) is 0 Å². The third kappa shape index (κ3) is 4.02. The van der Waals surface area contributed by atoms with E-state index in [2.05, 4.69) is 11.8 Å². The molecule has 1 aromatic rings. The van der Waals surface area contributed by atoms with Crippen LogP contribution in [0.4, 0.5) is 0 Å². The molecule has 0 amide bonds. The second-order valence-electron chi connectivity index (χ2n) is 3.18. The Morgan fingerprint density at radius 1 is 1.47 bits per heavy atom. The zero-order chi connectivity index (χ0) is 11.1. The van der Waals surface area contributed by atoms with E-state index in [1.807, 2.05) is 23.4 Å². The standard InChI is InChI=1S/C11H15NO2S/c1-12(5-7-14)9-11-10(3-2-6-13)4-8-15-11/h4,8,13-14H,5-7,9H2,1H3. The highest BCUT2D eigenvalue weighted by Gasteiger charge is 2.05. The molecule has 2 N–H and O–H groups in total. The number of likely N-dealkylation sites (N-methyl/N-ethyl adjacent to an activating group) is 1. The summed E-state index contributed by atoms with van der Waals surface area (Å²) in [5.74, 6) is 5.55. The van der Waals surface area contributed by atoms with E-state index in [-0.39, 0.29) is 13.2 Å². The summed E-state index contributed by atoms with van der Waals surface area (Å²) in [6.45, 7) is 1.50. The number of nitrogens with zero attached hydrogens (tertiary/aromatic N) is 1. The largest absolute Gasteiger partial charge is 0.395 e. The molecule has 4 heteroatoms. The van der Waals surface area contributed by atoms with Gasteiger partial charge in [0.25, 0.3) is 0 Å². The molecule has 0 saturated heterocycles. The van der Waals surface area contributed by atoms with E-state index in [9.17, 15) is 0 Å². The van der Waals surface area contributed by atoms with Gasteiger partial charge >= 0.3 is 0 Å². The number of hydrogen-bond acceptors (Lipinski definition) is 4. The fraction of sp³-hybridized carbons (Fsp3) is 0.455. The van der Waals surface area contributed by atoms with Crippen molar-refractivity contribution in [2.24, 2.45) is 0 Å². The highest BCUT2D eigenvalue weighted by Crippen LogP contribution is 2.17. The molecular formula is C11H15NO2S. The van der Waals surface area contributed by atoms with Crippen LogP contribution in [0.25, 0.3) is 0 Å². The number of aliphatic hydroxyl groups excluding tert-OH is 2. The third-order valence-electron chi connectivity index (χ3n) is 1.94. The highest BCUT2D eigenvalue weighted by molar-refractivity contribution is 7.10. The van der Waals surface area contributed by atoms with Gasteiger partial charge in [0, 0.05) is 23.5 Å². The van der Waals surface area contributed by atoms with Crippen molar-refractivity contribution in [2.75, 3.05) is 26.8 Å². The normalized spacial score (nSPS) is 10.1. The summed E-state index contributed by atoms with van der Waals surface area (Å²) >= 11 is 1.65. The first-order chi connectivity index (χ1) is 7.27. The number of hydrogen-bond donors (Lipinski definition) is 2. The number of aliphatic hydroxyl groups is 2. The van der Waals surface area contributed by atoms with Crippen LogP contribution in [-0.2, 0) is 6.54 Å². The first-order valence-corrected chi connectivity index (χ1v) is 5.61. The molecule has 0 unspecified atom stereocenters. The lowest BCUT2D eigenvalue weighted by molar-refractivity contribution is 0.218. The second kappa shape index (κ2) is 6.59. The fourth-order valence-corrected chi connectivity index (χ4v) is 2.11. The quantitative estimate of drug-likeness (QED) is 0.734. The Morgan fingerprint density at radius 2 is 2.27 bits per heavy atom. The first-order valence-electron chi connectivity index (χ1n) is 4.73. The average Bonchev–Trinajstić information content (AvgIpc) is 2.63. The molecule has 0 saturated carbocycles. The lowest BCUT2D eigenvalue weighted by atomic mass is 10.2. The molecule has 0 bridgehead atoms. The van der Waals surface area contributed by atoms with Gasteiger partial charge in [-0.3, -0.25) is 4.90 Å². The van der Waals surface area contributed by atoms with Gasteiger partial charge in [-0.25, -0.2) is 0 Å². The van der Waals surface area contributed by atoms with Crippen molar-refractivity contribution < 1.29 is 10.2 Å². The summed E-state index contributed by atoms with van der Waals surface area (Å²) in [5, 5.41) is 19.4. The summed E-state index contributed by atoms with van der Waals surface area (Å²) in [6.07, 6.45) is 0. The van der Waals surface area contributed by atoms with Gasteiger partial charge in [0.2, 0.25) is 0 Å². The molecule has 1 heterocycles. The lowest BCUT2D eigenvalue weighted by Crippen LogP contribution is -2.21. The van der Waals surface area contributed by atoms with Crippen LogP contribution in [-0.4, -0.2) is 41.9 Å². The summed E-state index contributed by atoms with van der Waals surface area (Å²) in [5.41, 5.74) is 0.971. The fourth-order valence-electron chi connectivity index (χ4n) is 1.20. The summed E-state index contributed by atoms with van der Waals surface area (Å²) < 4.78 is 0.